The maximum absolute atomic E-state index is 12.7. The van der Waals surface area contributed by atoms with Gasteiger partial charge < -0.3 is 30.9 Å². The highest BCUT2D eigenvalue weighted by Gasteiger charge is 2.46. The number of rotatable bonds is 9. The molecule has 3 aromatic rings. The van der Waals surface area contributed by atoms with Crippen molar-refractivity contribution in [1.29, 1.82) is 0 Å². The molecular formula is C36H49N9O2. The minimum Gasteiger partial charge on any atom is -0.381 e. The molecular weight excluding hydrogens is 590 g/mol. The van der Waals surface area contributed by atoms with Gasteiger partial charge in [-0.15, -0.1) is 0 Å². The normalized spacial score (nSPS) is 21.0. The van der Waals surface area contributed by atoms with Gasteiger partial charge in [-0.2, -0.15) is 0 Å². The lowest BCUT2D eigenvalue weighted by molar-refractivity contribution is -0.0704. The van der Waals surface area contributed by atoms with Gasteiger partial charge in [-0.3, -0.25) is 14.7 Å². The van der Waals surface area contributed by atoms with Gasteiger partial charge in [0.1, 0.15) is 5.69 Å². The molecule has 2 aromatic heterocycles. The Morgan fingerprint density at radius 3 is 2.38 bits per heavy atom. The maximum Gasteiger partial charge on any atom is 0.271 e. The van der Waals surface area contributed by atoms with Crippen LogP contribution in [-0.2, 0) is 11.2 Å². The molecule has 6 heterocycles. The number of piperidine rings is 2. The molecule has 7 rings (SSSR count). The van der Waals surface area contributed by atoms with Gasteiger partial charge in [0.15, 0.2) is 17.3 Å². The molecule has 4 aliphatic heterocycles. The van der Waals surface area contributed by atoms with Crippen LogP contribution in [0.25, 0.3) is 11.3 Å². The highest BCUT2D eigenvalue weighted by Crippen LogP contribution is 2.43. The average molecular weight is 640 g/mol. The van der Waals surface area contributed by atoms with Crippen molar-refractivity contribution in [2.45, 2.75) is 64.0 Å². The number of nitrogens with two attached hydrogens (primary N) is 1. The first-order valence-corrected chi connectivity index (χ1v) is 17.4. The number of aryl methyl sites for hydroxylation is 1. The summed E-state index contributed by atoms with van der Waals surface area (Å²) in [4.78, 5) is 34.3. The monoisotopic (exact) mass is 639 g/mol. The summed E-state index contributed by atoms with van der Waals surface area (Å²) in [5.74, 6) is 0.319. The van der Waals surface area contributed by atoms with E-state index in [4.69, 9.17) is 20.4 Å². The lowest BCUT2D eigenvalue weighted by atomic mass is 9.71. The first-order chi connectivity index (χ1) is 22.9. The number of carbonyl (C=O) groups is 1. The number of anilines is 4. The molecule has 1 spiro atoms. The summed E-state index contributed by atoms with van der Waals surface area (Å²) < 4.78 is 5.56. The van der Waals surface area contributed by atoms with Crippen LogP contribution in [0.4, 0.5) is 23.0 Å². The maximum atomic E-state index is 12.7. The third-order valence-electron chi connectivity index (χ3n) is 10.8. The predicted molar refractivity (Wildman–Crippen MR) is 186 cm³/mol. The molecule has 11 heteroatoms. The van der Waals surface area contributed by atoms with Crippen molar-refractivity contribution in [3.8, 4) is 11.3 Å². The molecule has 0 radical (unpaired) electrons. The summed E-state index contributed by atoms with van der Waals surface area (Å²) >= 11 is 0. The number of nitrogens with one attached hydrogen (secondary N) is 2. The molecule has 1 amide bonds. The van der Waals surface area contributed by atoms with Crippen molar-refractivity contribution in [3.63, 3.8) is 0 Å². The van der Waals surface area contributed by atoms with Gasteiger partial charge in [0.2, 0.25) is 0 Å². The van der Waals surface area contributed by atoms with Crippen molar-refractivity contribution in [2.75, 3.05) is 75.1 Å². The Balaban J connectivity index is 1.07. The van der Waals surface area contributed by atoms with Crippen LogP contribution in [0.3, 0.4) is 0 Å². The number of amides is 1. The van der Waals surface area contributed by atoms with Crippen LogP contribution in [0, 0.1) is 5.41 Å². The second kappa shape index (κ2) is 13.7. The number of carbonyl (C=O) groups excluding carboxylic acids is 1. The van der Waals surface area contributed by atoms with Gasteiger partial charge in [0.25, 0.3) is 5.91 Å². The van der Waals surface area contributed by atoms with Gasteiger partial charge in [-0.05, 0) is 106 Å². The number of hydrogen-bond acceptors (Lipinski definition) is 10. The van der Waals surface area contributed by atoms with Crippen LogP contribution in [0.15, 0.2) is 42.7 Å². The highest BCUT2D eigenvalue weighted by molar-refractivity contribution is 5.97. The van der Waals surface area contributed by atoms with E-state index in [0.717, 1.165) is 43.6 Å². The predicted octanol–water partition coefficient (Wildman–Crippen LogP) is 4.53. The van der Waals surface area contributed by atoms with Gasteiger partial charge >= 0.3 is 0 Å². The molecule has 0 bridgehead atoms. The Kier molecular flexibility index (Phi) is 9.29. The zero-order chi connectivity index (χ0) is 32.4. The number of hydrogen-bond donors (Lipinski definition) is 3. The summed E-state index contributed by atoms with van der Waals surface area (Å²) in [6.45, 7) is 10.8. The molecule has 47 heavy (non-hydrogen) atoms. The fraction of sp³-hybridized carbons (Fsp3) is 0.556. The van der Waals surface area contributed by atoms with E-state index in [-0.39, 0.29) is 11.7 Å². The van der Waals surface area contributed by atoms with E-state index in [9.17, 15) is 4.79 Å². The summed E-state index contributed by atoms with van der Waals surface area (Å²) in [7, 11) is 2.25. The average Bonchev–Trinajstić information content (AvgIpc) is 3.09. The molecule has 1 aromatic carbocycles. The van der Waals surface area contributed by atoms with Crippen LogP contribution in [0.1, 0.15) is 61.5 Å². The number of nitrogens with zero attached hydrogens (tertiary/aromatic N) is 6. The largest absolute Gasteiger partial charge is 0.381 e. The molecule has 4 saturated heterocycles. The van der Waals surface area contributed by atoms with Gasteiger partial charge in [0, 0.05) is 80.8 Å². The molecule has 4 aliphatic rings. The Bertz CT molecular complexity index is 1540. The van der Waals surface area contributed by atoms with Crippen molar-refractivity contribution in [2.24, 2.45) is 11.1 Å². The van der Waals surface area contributed by atoms with E-state index in [1.54, 1.807) is 12.4 Å². The summed E-state index contributed by atoms with van der Waals surface area (Å²) in [5, 5.41) is 6.98. The van der Waals surface area contributed by atoms with Crippen molar-refractivity contribution >= 4 is 28.9 Å². The van der Waals surface area contributed by atoms with E-state index in [1.807, 2.05) is 12.1 Å². The van der Waals surface area contributed by atoms with Crippen molar-refractivity contribution in [1.82, 2.24) is 24.8 Å². The van der Waals surface area contributed by atoms with Crippen molar-refractivity contribution in [3.05, 3.63) is 54.0 Å². The van der Waals surface area contributed by atoms with E-state index < -0.39 is 5.91 Å². The SMILES string of the molecule is CCc1cc(Nc2nc(NC3CCOCC3)c(-c3ccncc3)nc2C(N)=O)ccc1N1CCC(N2CC3(CCN(C)CC3)C2)CC1. The van der Waals surface area contributed by atoms with Crippen LogP contribution in [0.2, 0.25) is 0 Å². The topological polar surface area (TPSA) is 125 Å². The van der Waals surface area contributed by atoms with Crippen LogP contribution in [-0.4, -0.2) is 102 Å². The van der Waals surface area contributed by atoms with Gasteiger partial charge in [-0.25, -0.2) is 9.97 Å². The molecule has 250 valence electrons. The quantitative estimate of drug-likeness (QED) is 0.308. The number of aromatic nitrogens is 3. The first-order valence-electron chi connectivity index (χ1n) is 17.4. The Morgan fingerprint density at radius 2 is 1.70 bits per heavy atom. The third-order valence-corrected chi connectivity index (χ3v) is 10.8. The van der Waals surface area contributed by atoms with E-state index >= 15 is 0 Å². The molecule has 11 nitrogen and oxygen atoms in total. The molecule has 0 unspecified atom stereocenters. The molecule has 0 aliphatic carbocycles. The van der Waals surface area contributed by atoms with Crippen LogP contribution >= 0.6 is 0 Å². The molecule has 4 fully saturated rings. The van der Waals surface area contributed by atoms with E-state index in [1.165, 1.54) is 63.1 Å². The first kappa shape index (κ1) is 31.8. The highest BCUT2D eigenvalue weighted by atomic mass is 16.5. The summed E-state index contributed by atoms with van der Waals surface area (Å²) in [5.41, 5.74) is 11.4. The zero-order valence-corrected chi connectivity index (χ0v) is 27.9. The number of primary amides is 1. The lowest BCUT2D eigenvalue weighted by Crippen LogP contribution is -2.63. The zero-order valence-electron chi connectivity index (χ0n) is 27.9. The van der Waals surface area contributed by atoms with Gasteiger partial charge in [-0.1, -0.05) is 6.92 Å². The third kappa shape index (κ3) is 6.93. The number of benzene rings is 1. The lowest BCUT2D eigenvalue weighted by Gasteiger charge is -2.57. The number of ether oxygens (including phenoxy) is 1. The fourth-order valence-corrected chi connectivity index (χ4v) is 7.89. The smallest absolute Gasteiger partial charge is 0.271 e. The number of likely N-dealkylation sites (tertiary alicyclic amines) is 2. The van der Waals surface area contributed by atoms with Crippen LogP contribution in [0.5, 0.6) is 0 Å². The van der Waals surface area contributed by atoms with E-state index in [2.05, 4.69) is 62.5 Å². The van der Waals surface area contributed by atoms with Crippen molar-refractivity contribution < 1.29 is 9.53 Å². The minimum absolute atomic E-state index is 0.103. The van der Waals surface area contributed by atoms with Crippen LogP contribution < -0.4 is 21.3 Å². The second-order valence-corrected chi connectivity index (χ2v) is 14.0. The van der Waals surface area contributed by atoms with E-state index in [0.29, 0.717) is 42.0 Å². The molecule has 0 saturated carbocycles. The summed E-state index contributed by atoms with van der Waals surface area (Å²) in [6, 6.07) is 11.1. The minimum atomic E-state index is -0.632. The standard InChI is InChI=1S/C36H49N9O2/c1-3-25-22-28(4-5-30(25)44-16-8-29(9-17-44)45-23-36(24-45)12-18-43(2)19-13-36)40-35-32(33(37)46)41-31(26-6-14-38-15-7-26)34(42-35)39-27-10-20-47-21-11-27/h4-7,14-15,22,27,29H,3,8-13,16-21,23-24H2,1-2H3,(H2,37,46)(H2,39,40,42). The summed E-state index contributed by atoms with van der Waals surface area (Å²) in [6.07, 6.45) is 11.2. The Morgan fingerprint density at radius 1 is 0.979 bits per heavy atom. The number of pyridine rings is 1. The fourth-order valence-electron chi connectivity index (χ4n) is 7.89. The van der Waals surface area contributed by atoms with Gasteiger partial charge in [0.05, 0.1) is 0 Å². The second-order valence-electron chi connectivity index (χ2n) is 14.0. The molecule has 4 N–H and O–H groups in total. The Hall–Kier alpha value is -3.80. The Labute approximate surface area is 278 Å². The molecule has 0 atom stereocenters.